The summed E-state index contributed by atoms with van der Waals surface area (Å²) in [5, 5.41) is 3.85. The summed E-state index contributed by atoms with van der Waals surface area (Å²) in [6.07, 6.45) is -6.32. The van der Waals surface area contributed by atoms with Crippen LogP contribution in [0.1, 0.15) is 11.1 Å². The number of halogens is 7. The number of amides is 2. The summed E-state index contributed by atoms with van der Waals surface area (Å²) in [7, 11) is 0. The van der Waals surface area contributed by atoms with Gasteiger partial charge in [-0.3, -0.25) is 9.29 Å². The van der Waals surface area contributed by atoms with Gasteiger partial charge in [0.05, 0.1) is 39.4 Å². The van der Waals surface area contributed by atoms with Crippen molar-refractivity contribution in [3.63, 3.8) is 0 Å². The average molecular weight is 624 g/mol. The molecule has 0 saturated carbocycles. The third-order valence-electron chi connectivity index (χ3n) is 5.84. The number of urea groups is 1. The first-order chi connectivity index (χ1) is 19.9. The summed E-state index contributed by atoms with van der Waals surface area (Å²) in [6.45, 7) is 0. The Morgan fingerprint density at radius 1 is 0.976 bits per heavy atom. The Balaban J connectivity index is 1.25. The normalized spacial score (nSPS) is 12.3. The summed E-state index contributed by atoms with van der Waals surface area (Å²) in [5.74, 6) is -0.329. The Kier molecular flexibility index (Phi) is 7.93. The molecule has 0 aliphatic rings. The summed E-state index contributed by atoms with van der Waals surface area (Å²) >= 11 is 6.54. The first-order valence-corrected chi connectivity index (χ1v) is 12.9. The molecule has 7 nitrogen and oxygen atoms in total. The number of aromatic nitrogens is 2. The zero-order chi connectivity index (χ0) is 30.1. The van der Waals surface area contributed by atoms with Crippen LogP contribution in [-0.4, -0.2) is 28.2 Å². The number of ether oxygens (including phenoxy) is 1. The highest BCUT2D eigenvalue weighted by molar-refractivity contribution is 7.96. The molecule has 216 valence electrons. The molecule has 0 aliphatic heterocycles. The number of carbonyl (C=O) groups excluding carboxylic acids is 1. The number of anilines is 1. The molecule has 0 fully saturated rings. The minimum Gasteiger partial charge on any atom is -0.406 e. The minimum atomic E-state index is -4.78. The Bertz CT molecular complexity index is 1810. The smallest absolute Gasteiger partial charge is 0.406 e. The summed E-state index contributed by atoms with van der Waals surface area (Å²) in [6, 6.07) is 16.3. The van der Waals surface area contributed by atoms with Crippen LogP contribution in [0, 0.1) is 0 Å². The van der Waals surface area contributed by atoms with Gasteiger partial charge in [-0.15, -0.1) is 13.2 Å². The van der Waals surface area contributed by atoms with Gasteiger partial charge < -0.3 is 10.1 Å². The first-order valence-electron chi connectivity index (χ1n) is 11.8. The van der Waals surface area contributed by atoms with Crippen molar-refractivity contribution in [2.45, 2.75) is 12.5 Å². The van der Waals surface area contributed by atoms with Gasteiger partial charge in [0, 0.05) is 17.3 Å². The van der Waals surface area contributed by atoms with Gasteiger partial charge in [0.15, 0.2) is 0 Å². The largest absolute Gasteiger partial charge is 0.573 e. The minimum absolute atomic E-state index is 0.0600. The molecule has 0 aliphatic carbocycles. The van der Waals surface area contributed by atoms with E-state index in [0.717, 1.165) is 34.5 Å². The van der Waals surface area contributed by atoms with Gasteiger partial charge in [0.2, 0.25) is 0 Å². The van der Waals surface area contributed by atoms with E-state index in [2.05, 4.69) is 24.2 Å². The molecule has 2 N–H and O–H groups in total. The molecule has 15 heteroatoms. The van der Waals surface area contributed by atoms with Crippen LogP contribution in [0.5, 0.6) is 5.75 Å². The SMILES string of the molecule is O=C(NSN=Cc1ccc2c(ccc3c2ncn3-c2ccc(OC(F)(F)F)cc2)c1)Nc1cc(C(F)(F)F)ccc1Cl. The number of fused-ring (bicyclic) bond motifs is 3. The van der Waals surface area contributed by atoms with E-state index < -0.39 is 24.1 Å². The maximum atomic E-state index is 12.9. The fourth-order valence-corrected chi connectivity index (χ4v) is 4.55. The number of hydrogen-bond acceptors (Lipinski definition) is 5. The zero-order valence-electron chi connectivity index (χ0n) is 20.8. The number of alkyl halides is 6. The molecular formula is C27H16ClF6N5O2S. The molecule has 5 aromatic rings. The molecule has 0 bridgehead atoms. The molecule has 0 spiro atoms. The highest BCUT2D eigenvalue weighted by Crippen LogP contribution is 2.34. The third-order valence-corrected chi connectivity index (χ3v) is 6.66. The number of nitrogens with zero attached hydrogens (tertiary/aromatic N) is 3. The van der Waals surface area contributed by atoms with Crippen molar-refractivity contribution in [3.8, 4) is 11.4 Å². The molecule has 1 heterocycles. The molecule has 0 radical (unpaired) electrons. The van der Waals surface area contributed by atoms with Gasteiger partial charge in [-0.1, -0.05) is 29.8 Å². The van der Waals surface area contributed by atoms with E-state index >= 15 is 0 Å². The number of hydrogen-bond donors (Lipinski definition) is 2. The van der Waals surface area contributed by atoms with Crippen molar-refractivity contribution in [2.24, 2.45) is 4.40 Å². The lowest BCUT2D eigenvalue weighted by molar-refractivity contribution is -0.274. The highest BCUT2D eigenvalue weighted by Gasteiger charge is 2.31. The van der Waals surface area contributed by atoms with E-state index in [4.69, 9.17) is 11.6 Å². The van der Waals surface area contributed by atoms with Crippen LogP contribution in [-0.2, 0) is 6.18 Å². The Morgan fingerprint density at radius 2 is 1.74 bits per heavy atom. The number of benzene rings is 4. The second-order valence-corrected chi connectivity index (χ2v) is 9.65. The molecule has 1 aromatic heterocycles. The number of rotatable bonds is 6. The Hall–Kier alpha value is -4.43. The molecule has 5 rings (SSSR count). The quantitative estimate of drug-likeness (QED) is 0.113. The van der Waals surface area contributed by atoms with Gasteiger partial charge in [0.25, 0.3) is 0 Å². The lowest BCUT2D eigenvalue weighted by atomic mass is 10.1. The monoisotopic (exact) mass is 623 g/mol. The lowest BCUT2D eigenvalue weighted by Gasteiger charge is -2.11. The third kappa shape index (κ3) is 6.71. The van der Waals surface area contributed by atoms with Crippen LogP contribution < -0.4 is 14.8 Å². The Labute approximate surface area is 242 Å². The van der Waals surface area contributed by atoms with Gasteiger partial charge in [-0.25, -0.2) is 14.2 Å². The van der Waals surface area contributed by atoms with Crippen molar-refractivity contribution in [1.29, 1.82) is 0 Å². The van der Waals surface area contributed by atoms with Crippen molar-refractivity contribution in [2.75, 3.05) is 5.32 Å². The number of carbonyl (C=O) groups is 1. The maximum Gasteiger partial charge on any atom is 0.573 e. The molecule has 0 saturated heterocycles. The highest BCUT2D eigenvalue weighted by atomic mass is 35.5. The maximum absolute atomic E-state index is 12.9. The molecular weight excluding hydrogens is 608 g/mol. The van der Waals surface area contributed by atoms with E-state index in [9.17, 15) is 31.1 Å². The van der Waals surface area contributed by atoms with Crippen LogP contribution in [0.3, 0.4) is 0 Å². The van der Waals surface area contributed by atoms with Crippen LogP contribution >= 0.6 is 23.7 Å². The van der Waals surface area contributed by atoms with E-state index in [0.29, 0.717) is 28.9 Å². The predicted molar refractivity (Wildman–Crippen MR) is 149 cm³/mol. The molecule has 42 heavy (non-hydrogen) atoms. The van der Waals surface area contributed by atoms with E-state index in [1.807, 2.05) is 24.3 Å². The second kappa shape index (κ2) is 11.4. The fourth-order valence-electron chi connectivity index (χ4n) is 4.02. The van der Waals surface area contributed by atoms with E-state index in [1.165, 1.54) is 30.5 Å². The van der Waals surface area contributed by atoms with Gasteiger partial charge in [-0.2, -0.15) is 13.2 Å². The van der Waals surface area contributed by atoms with Crippen LogP contribution in [0.15, 0.2) is 83.5 Å². The van der Waals surface area contributed by atoms with Gasteiger partial charge >= 0.3 is 18.6 Å². The van der Waals surface area contributed by atoms with Crippen molar-refractivity contribution in [1.82, 2.24) is 14.3 Å². The predicted octanol–water partition coefficient (Wildman–Crippen LogP) is 8.55. The lowest BCUT2D eigenvalue weighted by Crippen LogP contribution is -2.22. The average Bonchev–Trinajstić information content (AvgIpc) is 3.36. The Morgan fingerprint density at radius 3 is 2.45 bits per heavy atom. The first kappa shape index (κ1) is 29.1. The molecule has 2 amide bonds. The van der Waals surface area contributed by atoms with Gasteiger partial charge in [0.1, 0.15) is 12.1 Å². The van der Waals surface area contributed by atoms with E-state index in [1.54, 1.807) is 17.0 Å². The summed E-state index contributed by atoms with van der Waals surface area (Å²) < 4.78 is 88.1. The number of imidazole rings is 1. The van der Waals surface area contributed by atoms with Crippen molar-refractivity contribution in [3.05, 3.63) is 95.3 Å². The molecule has 0 unspecified atom stereocenters. The van der Waals surface area contributed by atoms with Crippen LogP contribution in [0.25, 0.3) is 27.5 Å². The standard InChI is InChI=1S/C27H16ClF6N5O2S/c28-21-9-3-17(26(29,30)31)12-22(21)37-25(40)38-42-36-13-15-1-8-20-16(11-15)2-10-23-24(20)35-14-39(23)18-4-6-19(7-5-18)41-27(32,33)34/h1-14H,(H2,37,38,40). The molecule has 0 atom stereocenters. The van der Waals surface area contributed by atoms with E-state index in [-0.39, 0.29) is 16.5 Å². The van der Waals surface area contributed by atoms with Crippen LogP contribution in [0.2, 0.25) is 5.02 Å². The van der Waals surface area contributed by atoms with Gasteiger partial charge in [-0.05, 0) is 65.5 Å². The second-order valence-electron chi connectivity index (χ2n) is 8.64. The fraction of sp³-hybridized carbons (Fsp3) is 0.0741. The topological polar surface area (TPSA) is 80.5 Å². The van der Waals surface area contributed by atoms with Crippen LogP contribution in [0.4, 0.5) is 36.8 Å². The zero-order valence-corrected chi connectivity index (χ0v) is 22.4. The van der Waals surface area contributed by atoms with Crippen molar-refractivity contribution < 1.29 is 35.9 Å². The van der Waals surface area contributed by atoms with Crippen molar-refractivity contribution >= 4 is 63.5 Å². The summed E-state index contributed by atoms with van der Waals surface area (Å²) in [5.41, 5.74) is 1.54. The molecule has 4 aromatic carbocycles. The number of nitrogens with one attached hydrogen (secondary N) is 2. The summed E-state index contributed by atoms with van der Waals surface area (Å²) in [4.78, 5) is 16.6.